The molecule has 5 atom stereocenters. The summed E-state index contributed by atoms with van der Waals surface area (Å²) in [6.45, 7) is 12.0. The van der Waals surface area contributed by atoms with Gasteiger partial charge in [-0.05, 0) is 57.0 Å². The Morgan fingerprint density at radius 2 is 1.89 bits per heavy atom. The lowest BCUT2D eigenvalue weighted by molar-refractivity contribution is 0.0104. The molecule has 2 nitrogen and oxygen atoms in total. The van der Waals surface area contributed by atoms with E-state index in [1.54, 1.807) is 0 Å². The fourth-order valence-electron chi connectivity index (χ4n) is 4.72. The number of likely N-dealkylation sites (tertiary alicyclic amines) is 1. The largest absolute Gasteiger partial charge is 0.313 e. The zero-order valence-electron chi connectivity index (χ0n) is 13.5. The van der Waals surface area contributed by atoms with Crippen molar-refractivity contribution in [3.05, 3.63) is 0 Å². The van der Waals surface area contributed by atoms with Crippen molar-refractivity contribution in [3.63, 3.8) is 0 Å². The molecule has 2 rings (SSSR count). The van der Waals surface area contributed by atoms with Gasteiger partial charge in [-0.2, -0.15) is 0 Å². The Bertz CT molecular complexity index is 266. The van der Waals surface area contributed by atoms with Crippen LogP contribution in [-0.4, -0.2) is 36.1 Å². The molecule has 112 valence electrons. The van der Waals surface area contributed by atoms with Gasteiger partial charge in [0.15, 0.2) is 0 Å². The van der Waals surface area contributed by atoms with Gasteiger partial charge in [-0.15, -0.1) is 0 Å². The molecule has 2 aliphatic rings. The molecule has 1 heterocycles. The standard InChI is InChI=1S/C17H34N2/c1-5-15-9-7-8-10-19(15)17-14(4)11-13(3)12-16(17)18-6-2/h13-18H,5-12H2,1-4H3. The van der Waals surface area contributed by atoms with Gasteiger partial charge in [-0.1, -0.05) is 34.1 Å². The van der Waals surface area contributed by atoms with Gasteiger partial charge in [0.2, 0.25) is 0 Å². The molecule has 2 heteroatoms. The van der Waals surface area contributed by atoms with Crippen LogP contribution in [0.1, 0.15) is 66.2 Å². The number of piperidine rings is 1. The Hall–Kier alpha value is -0.0800. The van der Waals surface area contributed by atoms with E-state index in [0.717, 1.165) is 36.5 Å². The number of likely N-dealkylation sites (N-methyl/N-ethyl adjacent to an activating group) is 1. The quantitative estimate of drug-likeness (QED) is 0.835. The number of hydrogen-bond acceptors (Lipinski definition) is 2. The Morgan fingerprint density at radius 3 is 2.58 bits per heavy atom. The first kappa shape index (κ1) is 15.3. The summed E-state index contributed by atoms with van der Waals surface area (Å²) >= 11 is 0. The van der Waals surface area contributed by atoms with Crippen LogP contribution in [0.3, 0.4) is 0 Å². The van der Waals surface area contributed by atoms with Crippen LogP contribution >= 0.6 is 0 Å². The van der Waals surface area contributed by atoms with E-state index in [0.29, 0.717) is 0 Å². The van der Waals surface area contributed by atoms with Crippen molar-refractivity contribution in [3.8, 4) is 0 Å². The van der Waals surface area contributed by atoms with E-state index < -0.39 is 0 Å². The van der Waals surface area contributed by atoms with Crippen LogP contribution in [0.4, 0.5) is 0 Å². The average molecular weight is 266 g/mol. The summed E-state index contributed by atoms with van der Waals surface area (Å²) < 4.78 is 0. The molecule has 0 bridgehead atoms. The summed E-state index contributed by atoms with van der Waals surface area (Å²) in [7, 11) is 0. The maximum absolute atomic E-state index is 3.80. The Kier molecular flexibility index (Phi) is 5.70. The molecule has 0 radical (unpaired) electrons. The minimum Gasteiger partial charge on any atom is -0.313 e. The van der Waals surface area contributed by atoms with Gasteiger partial charge in [0.1, 0.15) is 0 Å². The van der Waals surface area contributed by atoms with Crippen molar-refractivity contribution in [1.82, 2.24) is 10.2 Å². The topological polar surface area (TPSA) is 15.3 Å². The van der Waals surface area contributed by atoms with Crippen molar-refractivity contribution in [1.29, 1.82) is 0 Å². The van der Waals surface area contributed by atoms with E-state index in [1.807, 2.05) is 0 Å². The molecule has 0 aromatic heterocycles. The molecule has 19 heavy (non-hydrogen) atoms. The van der Waals surface area contributed by atoms with Crippen molar-refractivity contribution in [2.24, 2.45) is 11.8 Å². The van der Waals surface area contributed by atoms with Crippen LogP contribution in [-0.2, 0) is 0 Å². The summed E-state index contributed by atoms with van der Waals surface area (Å²) in [5.41, 5.74) is 0. The van der Waals surface area contributed by atoms with Gasteiger partial charge in [0.25, 0.3) is 0 Å². The maximum Gasteiger partial charge on any atom is 0.0278 e. The third kappa shape index (κ3) is 3.52. The van der Waals surface area contributed by atoms with Crippen molar-refractivity contribution < 1.29 is 0 Å². The van der Waals surface area contributed by atoms with Crippen molar-refractivity contribution in [2.45, 2.75) is 84.3 Å². The predicted octanol–water partition coefficient (Wildman–Crippen LogP) is 3.66. The summed E-state index contributed by atoms with van der Waals surface area (Å²) in [4.78, 5) is 2.88. The van der Waals surface area contributed by atoms with Gasteiger partial charge in [-0.25, -0.2) is 0 Å². The molecule has 1 saturated carbocycles. The predicted molar refractivity (Wildman–Crippen MR) is 83.5 cm³/mol. The zero-order valence-corrected chi connectivity index (χ0v) is 13.5. The summed E-state index contributed by atoms with van der Waals surface area (Å²) in [6.07, 6.45) is 8.40. The molecule has 0 aromatic rings. The third-order valence-electron chi connectivity index (χ3n) is 5.42. The Morgan fingerprint density at radius 1 is 1.11 bits per heavy atom. The smallest absolute Gasteiger partial charge is 0.0278 e. The van der Waals surface area contributed by atoms with Crippen LogP contribution in [0, 0.1) is 11.8 Å². The molecule has 0 amide bonds. The molecule has 1 aliphatic carbocycles. The highest BCUT2D eigenvalue weighted by atomic mass is 15.2. The zero-order chi connectivity index (χ0) is 13.8. The third-order valence-corrected chi connectivity index (χ3v) is 5.42. The first-order valence-electron chi connectivity index (χ1n) is 8.66. The fourth-order valence-corrected chi connectivity index (χ4v) is 4.72. The first-order chi connectivity index (χ1) is 9.17. The number of nitrogens with zero attached hydrogens (tertiary/aromatic N) is 1. The molecule has 2 fully saturated rings. The number of hydrogen-bond donors (Lipinski definition) is 1. The van der Waals surface area contributed by atoms with Crippen LogP contribution in [0.25, 0.3) is 0 Å². The van der Waals surface area contributed by atoms with Gasteiger partial charge in [0.05, 0.1) is 0 Å². The van der Waals surface area contributed by atoms with Gasteiger partial charge in [0, 0.05) is 18.1 Å². The highest BCUT2D eigenvalue weighted by Crippen LogP contribution is 2.35. The molecule has 1 aliphatic heterocycles. The highest BCUT2D eigenvalue weighted by Gasteiger charge is 2.39. The highest BCUT2D eigenvalue weighted by molar-refractivity contribution is 4.96. The molecule has 1 saturated heterocycles. The molecular weight excluding hydrogens is 232 g/mol. The number of rotatable bonds is 4. The second-order valence-electron chi connectivity index (χ2n) is 7.00. The van der Waals surface area contributed by atoms with E-state index in [2.05, 4.69) is 37.9 Å². The first-order valence-corrected chi connectivity index (χ1v) is 8.66. The van der Waals surface area contributed by atoms with Gasteiger partial charge < -0.3 is 5.32 Å². The van der Waals surface area contributed by atoms with Crippen LogP contribution < -0.4 is 5.32 Å². The van der Waals surface area contributed by atoms with Crippen LogP contribution in [0.5, 0.6) is 0 Å². The number of nitrogens with one attached hydrogen (secondary N) is 1. The Balaban J connectivity index is 2.12. The van der Waals surface area contributed by atoms with Crippen LogP contribution in [0.15, 0.2) is 0 Å². The molecule has 5 unspecified atom stereocenters. The fraction of sp³-hybridized carbons (Fsp3) is 1.00. The van der Waals surface area contributed by atoms with Crippen LogP contribution in [0.2, 0.25) is 0 Å². The minimum absolute atomic E-state index is 0.718. The normalized spacial score (nSPS) is 41.4. The molecule has 1 N–H and O–H groups in total. The van der Waals surface area contributed by atoms with Gasteiger partial charge in [-0.3, -0.25) is 4.90 Å². The Labute approximate surface area is 120 Å². The lowest BCUT2D eigenvalue weighted by atomic mass is 9.74. The SMILES string of the molecule is CCNC1CC(C)CC(C)C1N1CCCCC1CC. The summed E-state index contributed by atoms with van der Waals surface area (Å²) in [5, 5.41) is 3.80. The molecule has 0 aromatic carbocycles. The van der Waals surface area contributed by atoms with E-state index in [-0.39, 0.29) is 0 Å². The van der Waals surface area contributed by atoms with E-state index in [9.17, 15) is 0 Å². The lowest BCUT2D eigenvalue weighted by Gasteiger charge is -2.50. The van der Waals surface area contributed by atoms with Crippen molar-refractivity contribution >= 4 is 0 Å². The minimum atomic E-state index is 0.718. The second kappa shape index (κ2) is 7.08. The summed E-state index contributed by atoms with van der Waals surface area (Å²) in [5.74, 6) is 1.74. The lowest BCUT2D eigenvalue weighted by Crippen LogP contribution is -2.60. The van der Waals surface area contributed by atoms with E-state index >= 15 is 0 Å². The van der Waals surface area contributed by atoms with E-state index in [1.165, 1.54) is 45.1 Å². The monoisotopic (exact) mass is 266 g/mol. The average Bonchev–Trinajstić information content (AvgIpc) is 2.39. The molecular formula is C17H34N2. The summed E-state index contributed by atoms with van der Waals surface area (Å²) in [6, 6.07) is 2.34. The van der Waals surface area contributed by atoms with E-state index in [4.69, 9.17) is 0 Å². The van der Waals surface area contributed by atoms with Crippen molar-refractivity contribution in [2.75, 3.05) is 13.1 Å². The van der Waals surface area contributed by atoms with Gasteiger partial charge >= 0.3 is 0 Å². The maximum atomic E-state index is 3.80. The second-order valence-corrected chi connectivity index (χ2v) is 7.00. The molecule has 0 spiro atoms.